The van der Waals surface area contributed by atoms with Crippen LogP contribution in [0.1, 0.15) is 21.9 Å². The van der Waals surface area contributed by atoms with E-state index in [1.165, 1.54) is 36.0 Å². The third kappa shape index (κ3) is 5.73. The minimum absolute atomic E-state index is 0.0653. The molecule has 35 heavy (non-hydrogen) atoms. The molecule has 1 aliphatic heterocycles. The Bertz CT molecular complexity index is 1380. The number of sulfonamides is 1. The highest BCUT2D eigenvalue weighted by atomic mass is 32.2. The van der Waals surface area contributed by atoms with Gasteiger partial charge in [0.1, 0.15) is 18.1 Å². The first-order chi connectivity index (χ1) is 16.7. The van der Waals surface area contributed by atoms with E-state index in [-0.39, 0.29) is 28.1 Å². The van der Waals surface area contributed by atoms with Crippen LogP contribution >= 0.6 is 11.8 Å². The van der Waals surface area contributed by atoms with Crippen LogP contribution in [-0.2, 0) is 16.6 Å². The van der Waals surface area contributed by atoms with Crippen LogP contribution in [0.2, 0.25) is 0 Å². The second kappa shape index (κ2) is 10.3. The summed E-state index contributed by atoms with van der Waals surface area (Å²) in [7, 11) is -3.95. The Morgan fingerprint density at radius 2 is 1.94 bits per heavy atom. The van der Waals surface area contributed by atoms with E-state index < -0.39 is 21.1 Å². The molecule has 0 amide bonds. The number of ether oxygens (including phenoxy) is 2. The van der Waals surface area contributed by atoms with Crippen LogP contribution in [0, 0.1) is 10.1 Å². The molecule has 0 saturated carbocycles. The molecule has 1 heterocycles. The summed E-state index contributed by atoms with van der Waals surface area (Å²) in [6.07, 6.45) is -1.43. The zero-order chi connectivity index (χ0) is 25.0. The Balaban J connectivity index is 1.53. The van der Waals surface area contributed by atoms with E-state index in [9.17, 15) is 23.3 Å². The summed E-state index contributed by atoms with van der Waals surface area (Å²) < 4.78 is 38.5. The van der Waals surface area contributed by atoms with Gasteiger partial charge < -0.3 is 14.6 Å². The second-order valence-corrected chi connectivity index (χ2v) is 10.4. The molecule has 1 aliphatic rings. The Kier molecular flexibility index (Phi) is 7.24. The highest BCUT2D eigenvalue weighted by Gasteiger charge is 2.26. The quantitative estimate of drug-likeness (QED) is 0.147. The van der Waals surface area contributed by atoms with Gasteiger partial charge in [0.2, 0.25) is 10.0 Å². The van der Waals surface area contributed by atoms with Crippen LogP contribution in [0.5, 0.6) is 11.5 Å². The van der Waals surface area contributed by atoms with Gasteiger partial charge in [-0.3, -0.25) is 10.1 Å². The minimum atomic E-state index is -3.95. The van der Waals surface area contributed by atoms with Gasteiger partial charge in [-0.25, -0.2) is 17.9 Å². The predicted octanol–water partition coefficient (Wildman–Crippen LogP) is 4.35. The maximum absolute atomic E-state index is 12.6. The number of hydrogen-bond donors (Lipinski definition) is 2. The lowest BCUT2D eigenvalue weighted by atomic mass is 10.00. The Morgan fingerprint density at radius 3 is 2.71 bits per heavy atom. The molecule has 10 nitrogen and oxygen atoms in total. The normalized spacial score (nSPS) is 14.7. The number of nitrogens with one attached hydrogen (secondary N) is 1. The molecule has 1 unspecified atom stereocenters. The molecule has 4 rings (SSSR count). The topological polar surface area (TPSA) is 145 Å². The molecule has 0 fully saturated rings. The summed E-state index contributed by atoms with van der Waals surface area (Å²) in [6, 6.07) is 17.3. The Labute approximate surface area is 205 Å². The lowest BCUT2D eigenvalue weighted by molar-refractivity contribution is -0.385. The second-order valence-electron chi connectivity index (χ2n) is 7.46. The van der Waals surface area contributed by atoms with Gasteiger partial charge in [-0.05, 0) is 35.4 Å². The van der Waals surface area contributed by atoms with E-state index in [0.717, 1.165) is 17.2 Å². The molecule has 1 atom stereocenters. The van der Waals surface area contributed by atoms with Gasteiger partial charge in [-0.15, -0.1) is 11.8 Å². The van der Waals surface area contributed by atoms with Gasteiger partial charge >= 0.3 is 6.16 Å². The molecule has 3 aromatic carbocycles. The number of nitro benzene ring substituents is 1. The number of nitrogens with zero attached hydrogens (tertiary/aromatic N) is 1. The number of fused-ring (bicyclic) bond motifs is 2. The number of nitro groups is 1. The summed E-state index contributed by atoms with van der Waals surface area (Å²) in [6.45, 7) is 0.397. The van der Waals surface area contributed by atoms with Gasteiger partial charge in [0.15, 0.2) is 0 Å². The summed E-state index contributed by atoms with van der Waals surface area (Å²) >= 11 is 1.45. The van der Waals surface area contributed by atoms with E-state index in [2.05, 4.69) is 4.72 Å². The summed E-state index contributed by atoms with van der Waals surface area (Å²) in [5.41, 5.74) is 2.32. The Hall–Kier alpha value is -3.61. The van der Waals surface area contributed by atoms with Crippen molar-refractivity contribution < 1.29 is 32.7 Å². The van der Waals surface area contributed by atoms with Gasteiger partial charge in [0.25, 0.3) is 5.69 Å². The predicted molar refractivity (Wildman–Crippen MR) is 128 cm³/mol. The molecule has 0 bridgehead atoms. The molecule has 182 valence electrons. The van der Waals surface area contributed by atoms with Crippen molar-refractivity contribution in [2.24, 2.45) is 0 Å². The van der Waals surface area contributed by atoms with Crippen molar-refractivity contribution in [2.75, 3.05) is 12.3 Å². The van der Waals surface area contributed by atoms with Gasteiger partial charge in [-0.2, -0.15) is 0 Å². The zero-order valence-electron chi connectivity index (χ0n) is 18.1. The molecular weight excluding hydrogens is 496 g/mol. The van der Waals surface area contributed by atoms with Gasteiger partial charge in [0.05, 0.1) is 15.1 Å². The zero-order valence-corrected chi connectivity index (χ0v) is 19.8. The number of hydrogen-bond acceptors (Lipinski definition) is 8. The maximum Gasteiger partial charge on any atom is 0.511 e. The van der Waals surface area contributed by atoms with Crippen LogP contribution < -0.4 is 14.2 Å². The van der Waals surface area contributed by atoms with E-state index >= 15 is 0 Å². The number of benzene rings is 3. The maximum atomic E-state index is 12.6. The van der Waals surface area contributed by atoms with Crippen molar-refractivity contribution in [1.29, 1.82) is 0 Å². The molecular formula is C23H20N2O8S2. The van der Waals surface area contributed by atoms with E-state index in [1.54, 1.807) is 12.1 Å². The lowest BCUT2D eigenvalue weighted by Crippen LogP contribution is -2.26. The Morgan fingerprint density at radius 1 is 1.14 bits per heavy atom. The highest BCUT2D eigenvalue weighted by Crippen LogP contribution is 2.45. The van der Waals surface area contributed by atoms with Crippen LogP contribution in [0.4, 0.5) is 10.5 Å². The summed E-state index contributed by atoms with van der Waals surface area (Å²) in [5, 5.41) is 19.7. The van der Waals surface area contributed by atoms with Gasteiger partial charge in [-0.1, -0.05) is 30.3 Å². The largest absolute Gasteiger partial charge is 0.511 e. The molecule has 0 aliphatic carbocycles. The van der Waals surface area contributed by atoms with Crippen LogP contribution in [-0.4, -0.2) is 36.9 Å². The first-order valence-corrected chi connectivity index (χ1v) is 12.9. The molecule has 0 spiro atoms. The lowest BCUT2D eigenvalue weighted by Gasteiger charge is -2.19. The molecule has 0 saturated heterocycles. The molecule has 3 aromatic rings. The SMILES string of the molecule is O=C(O)Oc1ccc2c(c1)C(SCCNS(=O)(=O)c1cccc([N+](=O)[O-])c1)c1ccccc1CO2. The third-order valence-electron chi connectivity index (χ3n) is 5.21. The smallest absolute Gasteiger partial charge is 0.489 e. The van der Waals surface area contributed by atoms with Crippen molar-refractivity contribution >= 4 is 33.6 Å². The molecule has 0 aromatic heterocycles. The van der Waals surface area contributed by atoms with Crippen molar-refractivity contribution in [3.63, 3.8) is 0 Å². The fraction of sp³-hybridized carbons (Fsp3) is 0.174. The van der Waals surface area contributed by atoms with Crippen molar-refractivity contribution in [1.82, 2.24) is 4.72 Å². The molecule has 12 heteroatoms. The summed E-state index contributed by atoms with van der Waals surface area (Å²) in [4.78, 5) is 21.1. The van der Waals surface area contributed by atoms with Crippen molar-refractivity contribution in [3.8, 4) is 11.5 Å². The fourth-order valence-corrected chi connectivity index (χ4v) is 6.08. The molecule has 0 radical (unpaired) electrons. The monoisotopic (exact) mass is 516 g/mol. The van der Waals surface area contributed by atoms with Crippen molar-refractivity contribution in [3.05, 3.63) is 93.5 Å². The van der Waals surface area contributed by atoms with Crippen LogP contribution in [0.15, 0.2) is 71.6 Å². The van der Waals surface area contributed by atoms with Gasteiger partial charge in [0, 0.05) is 30.0 Å². The number of carboxylic acid groups (broad SMARTS) is 1. The van der Waals surface area contributed by atoms with Crippen molar-refractivity contribution in [2.45, 2.75) is 16.8 Å². The van der Waals surface area contributed by atoms with E-state index in [0.29, 0.717) is 23.7 Å². The average Bonchev–Trinajstić information content (AvgIpc) is 2.98. The average molecular weight is 517 g/mol. The first-order valence-electron chi connectivity index (χ1n) is 10.4. The standard InChI is InChI=1S/C23H20N2O8S2/c26-23(27)33-17-8-9-21-20(13-17)22(19-7-2-1-4-15(19)14-32-21)34-11-10-24-35(30,31)18-6-3-5-16(12-18)25(28)29/h1-9,12-13,22,24H,10-11,14H2,(H,26,27). The van der Waals surface area contributed by atoms with E-state index in [1.807, 2.05) is 24.3 Å². The molecule has 2 N–H and O–H groups in total. The third-order valence-corrected chi connectivity index (χ3v) is 7.95. The fourth-order valence-electron chi connectivity index (χ4n) is 3.65. The number of non-ortho nitro benzene ring substituents is 1. The number of rotatable bonds is 8. The minimum Gasteiger partial charge on any atom is -0.489 e. The number of thioether (sulfide) groups is 1. The van der Waals surface area contributed by atoms with Crippen LogP contribution in [0.3, 0.4) is 0 Å². The highest BCUT2D eigenvalue weighted by molar-refractivity contribution is 7.99. The number of carbonyl (C=O) groups is 1. The van der Waals surface area contributed by atoms with E-state index in [4.69, 9.17) is 14.6 Å². The van der Waals surface area contributed by atoms with Crippen LogP contribution in [0.25, 0.3) is 0 Å². The first kappa shape index (κ1) is 24.5. The summed E-state index contributed by atoms with van der Waals surface area (Å²) in [5.74, 6) is 1.08.